The summed E-state index contributed by atoms with van der Waals surface area (Å²) in [5.74, 6) is -1.40. The smallest absolute Gasteiger partial charge is 0.329 e. The molecule has 1 aliphatic rings. The molecule has 5 nitrogen and oxygen atoms in total. The number of carbonyl (C=O) groups is 2. The molecule has 2 aromatic heterocycles. The molecule has 1 saturated carbocycles. The van der Waals surface area contributed by atoms with Gasteiger partial charge in [-0.25, -0.2) is 9.78 Å². The maximum absolute atomic E-state index is 12.6. The van der Waals surface area contributed by atoms with E-state index < -0.39 is 22.8 Å². The number of rotatable bonds is 4. The fourth-order valence-electron chi connectivity index (χ4n) is 3.20. The SMILES string of the molecule is CC1(C)CCCC1(NC(=O)c1csc(-c2cc(Br)cs2)n1)C(=O)O. The first-order valence-corrected chi connectivity index (χ1v) is 10.1. The highest BCUT2D eigenvalue weighted by Gasteiger charge is 2.55. The summed E-state index contributed by atoms with van der Waals surface area (Å²) in [6, 6.07) is 1.95. The molecule has 128 valence electrons. The van der Waals surface area contributed by atoms with E-state index in [1.807, 2.05) is 25.3 Å². The third-order valence-electron chi connectivity index (χ3n) is 4.72. The van der Waals surface area contributed by atoms with Crippen LogP contribution in [-0.4, -0.2) is 27.5 Å². The van der Waals surface area contributed by atoms with Gasteiger partial charge in [0.25, 0.3) is 5.91 Å². The van der Waals surface area contributed by atoms with E-state index in [1.54, 1.807) is 5.38 Å². The van der Waals surface area contributed by atoms with E-state index in [0.29, 0.717) is 6.42 Å². The average Bonchev–Trinajstić information content (AvgIpc) is 3.18. The quantitative estimate of drug-likeness (QED) is 0.755. The van der Waals surface area contributed by atoms with Gasteiger partial charge in [-0.15, -0.1) is 22.7 Å². The monoisotopic (exact) mass is 428 g/mol. The normalized spacial score (nSPS) is 22.5. The molecule has 0 spiro atoms. The molecule has 2 heterocycles. The number of thiophene rings is 1. The van der Waals surface area contributed by atoms with E-state index in [4.69, 9.17) is 0 Å². The van der Waals surface area contributed by atoms with Gasteiger partial charge in [0.2, 0.25) is 0 Å². The summed E-state index contributed by atoms with van der Waals surface area (Å²) in [4.78, 5) is 29.9. The van der Waals surface area contributed by atoms with Gasteiger partial charge in [-0.1, -0.05) is 13.8 Å². The molecule has 8 heteroatoms. The Kier molecular flexibility index (Phi) is 4.57. The van der Waals surface area contributed by atoms with Crippen molar-refractivity contribution in [2.75, 3.05) is 0 Å². The van der Waals surface area contributed by atoms with Gasteiger partial charge in [-0.3, -0.25) is 4.79 Å². The molecule has 1 aliphatic carbocycles. The van der Waals surface area contributed by atoms with Gasteiger partial charge in [0, 0.05) is 15.2 Å². The van der Waals surface area contributed by atoms with Gasteiger partial charge >= 0.3 is 5.97 Å². The van der Waals surface area contributed by atoms with E-state index >= 15 is 0 Å². The Hall–Kier alpha value is -1.25. The molecule has 2 N–H and O–H groups in total. The van der Waals surface area contributed by atoms with Gasteiger partial charge in [-0.05, 0) is 46.7 Å². The number of carbonyl (C=O) groups excluding carboxylic acids is 1. The first-order valence-electron chi connectivity index (χ1n) is 7.51. The van der Waals surface area contributed by atoms with Crippen LogP contribution >= 0.6 is 38.6 Å². The number of carboxylic acids is 1. The predicted octanol–water partition coefficient (Wildman–Crippen LogP) is 4.40. The van der Waals surface area contributed by atoms with Crippen LogP contribution in [-0.2, 0) is 4.79 Å². The van der Waals surface area contributed by atoms with Crippen molar-refractivity contribution in [3.05, 3.63) is 27.0 Å². The van der Waals surface area contributed by atoms with Crippen LogP contribution in [0.5, 0.6) is 0 Å². The minimum absolute atomic E-state index is 0.267. The van der Waals surface area contributed by atoms with Crippen molar-refractivity contribution < 1.29 is 14.7 Å². The standard InChI is InChI=1S/C16H17BrN2O3S2/c1-15(2)4-3-5-16(15,14(21)22)19-12(20)10-8-24-13(18-10)11-6-9(17)7-23-11/h6-8H,3-5H2,1-2H3,(H,19,20)(H,21,22). The summed E-state index contributed by atoms with van der Waals surface area (Å²) in [7, 11) is 0. The molecule has 1 unspecified atom stereocenters. The second-order valence-electron chi connectivity index (χ2n) is 6.57. The van der Waals surface area contributed by atoms with Crippen molar-refractivity contribution in [3.8, 4) is 9.88 Å². The average molecular weight is 429 g/mol. The van der Waals surface area contributed by atoms with Crippen molar-refractivity contribution in [2.45, 2.75) is 38.6 Å². The molecule has 0 aromatic carbocycles. The number of amides is 1. The lowest BCUT2D eigenvalue weighted by Crippen LogP contribution is -2.60. The van der Waals surface area contributed by atoms with Gasteiger partial charge < -0.3 is 10.4 Å². The van der Waals surface area contributed by atoms with Gasteiger partial charge in [-0.2, -0.15) is 0 Å². The topological polar surface area (TPSA) is 79.3 Å². The second-order valence-corrected chi connectivity index (χ2v) is 9.25. The zero-order valence-electron chi connectivity index (χ0n) is 13.3. The maximum atomic E-state index is 12.6. The molecule has 3 rings (SSSR count). The molecule has 0 saturated heterocycles. The van der Waals surface area contributed by atoms with Crippen LogP contribution in [0.25, 0.3) is 9.88 Å². The van der Waals surface area contributed by atoms with E-state index in [9.17, 15) is 14.7 Å². The van der Waals surface area contributed by atoms with Crippen LogP contribution in [0.3, 0.4) is 0 Å². The van der Waals surface area contributed by atoms with Gasteiger partial charge in [0.15, 0.2) is 0 Å². The molecule has 24 heavy (non-hydrogen) atoms. The van der Waals surface area contributed by atoms with Crippen LogP contribution in [0, 0.1) is 5.41 Å². The fraction of sp³-hybridized carbons (Fsp3) is 0.438. The molecule has 0 bridgehead atoms. The molecule has 1 amide bonds. The number of aliphatic carboxylic acids is 1. The summed E-state index contributed by atoms with van der Waals surface area (Å²) < 4.78 is 0.973. The Morgan fingerprint density at radius 3 is 2.58 bits per heavy atom. The first-order chi connectivity index (χ1) is 11.2. The first kappa shape index (κ1) is 17.6. The zero-order chi connectivity index (χ0) is 17.5. The summed E-state index contributed by atoms with van der Waals surface area (Å²) in [5, 5.41) is 16.9. The number of aromatic nitrogens is 1. The van der Waals surface area contributed by atoms with Crippen molar-refractivity contribution >= 4 is 50.5 Å². The Morgan fingerprint density at radius 2 is 2.04 bits per heavy atom. The third kappa shape index (κ3) is 2.91. The molecule has 0 radical (unpaired) electrons. The van der Waals surface area contributed by atoms with Crippen LogP contribution in [0.1, 0.15) is 43.6 Å². The number of thiazole rings is 1. The van der Waals surface area contributed by atoms with Crippen molar-refractivity contribution in [3.63, 3.8) is 0 Å². The highest BCUT2D eigenvalue weighted by atomic mass is 79.9. The summed E-state index contributed by atoms with van der Waals surface area (Å²) in [5.41, 5.74) is -1.46. The predicted molar refractivity (Wildman–Crippen MR) is 98.6 cm³/mol. The van der Waals surface area contributed by atoms with Crippen molar-refractivity contribution in [1.29, 1.82) is 0 Å². The third-order valence-corrected chi connectivity index (χ3v) is 7.42. The largest absolute Gasteiger partial charge is 0.479 e. The minimum Gasteiger partial charge on any atom is -0.479 e. The Morgan fingerprint density at radius 1 is 1.29 bits per heavy atom. The lowest BCUT2D eigenvalue weighted by Gasteiger charge is -2.38. The Labute approximate surface area is 156 Å². The van der Waals surface area contributed by atoms with Crippen molar-refractivity contribution in [1.82, 2.24) is 10.3 Å². The van der Waals surface area contributed by atoms with E-state index in [2.05, 4.69) is 26.2 Å². The molecule has 1 fully saturated rings. The van der Waals surface area contributed by atoms with Gasteiger partial charge in [0.05, 0.1) is 4.88 Å². The maximum Gasteiger partial charge on any atom is 0.329 e. The summed E-state index contributed by atoms with van der Waals surface area (Å²) in [6.07, 6.45) is 1.99. The van der Waals surface area contributed by atoms with Crippen LogP contribution in [0.4, 0.5) is 0 Å². The molecule has 1 atom stereocenters. The number of nitrogens with zero attached hydrogens (tertiary/aromatic N) is 1. The highest BCUT2D eigenvalue weighted by molar-refractivity contribution is 9.10. The van der Waals surface area contributed by atoms with E-state index in [1.165, 1.54) is 22.7 Å². The number of nitrogens with one attached hydrogen (secondary N) is 1. The van der Waals surface area contributed by atoms with Crippen LogP contribution in [0.2, 0.25) is 0 Å². The molecular formula is C16H17BrN2O3S2. The van der Waals surface area contributed by atoms with Crippen LogP contribution < -0.4 is 5.32 Å². The van der Waals surface area contributed by atoms with E-state index in [0.717, 1.165) is 27.2 Å². The second kappa shape index (κ2) is 6.24. The van der Waals surface area contributed by atoms with Gasteiger partial charge in [0.1, 0.15) is 16.2 Å². The zero-order valence-corrected chi connectivity index (χ0v) is 16.5. The Bertz CT molecular complexity index is 799. The van der Waals surface area contributed by atoms with Crippen LogP contribution in [0.15, 0.2) is 21.3 Å². The van der Waals surface area contributed by atoms with E-state index in [-0.39, 0.29) is 5.69 Å². The number of hydrogen-bond acceptors (Lipinski definition) is 5. The Balaban J connectivity index is 1.85. The minimum atomic E-state index is -1.24. The summed E-state index contributed by atoms with van der Waals surface area (Å²) in [6.45, 7) is 3.79. The fourth-order valence-corrected chi connectivity index (χ4v) is 5.51. The lowest BCUT2D eigenvalue weighted by atomic mass is 9.74. The van der Waals surface area contributed by atoms with Crippen molar-refractivity contribution in [2.24, 2.45) is 5.41 Å². The number of carboxylic acid groups (broad SMARTS) is 1. The lowest BCUT2D eigenvalue weighted by molar-refractivity contribution is -0.148. The highest BCUT2D eigenvalue weighted by Crippen LogP contribution is 2.46. The summed E-state index contributed by atoms with van der Waals surface area (Å²) >= 11 is 6.32. The molecule has 2 aromatic rings. The molecule has 0 aliphatic heterocycles. The molecular weight excluding hydrogens is 412 g/mol. The number of halogens is 1. The number of hydrogen-bond donors (Lipinski definition) is 2.